The largest absolute Gasteiger partial charge is 0.357 e. The van der Waals surface area contributed by atoms with Gasteiger partial charge in [0.25, 0.3) is 0 Å². The van der Waals surface area contributed by atoms with Crippen LogP contribution in [-0.2, 0) is 9.59 Å². The lowest BCUT2D eigenvalue weighted by Crippen LogP contribution is -2.37. The Kier molecular flexibility index (Phi) is 5.67. The first-order valence-electron chi connectivity index (χ1n) is 11.2. The number of anilines is 2. The highest BCUT2D eigenvalue weighted by Crippen LogP contribution is 2.47. The molecule has 0 saturated carbocycles. The molecule has 166 valence electrons. The summed E-state index contributed by atoms with van der Waals surface area (Å²) in [5.74, 6) is 0.0693. The molecule has 33 heavy (non-hydrogen) atoms. The summed E-state index contributed by atoms with van der Waals surface area (Å²) in [6.45, 7) is 3.61. The molecule has 0 bridgehead atoms. The fourth-order valence-corrected chi connectivity index (χ4v) is 5.42. The van der Waals surface area contributed by atoms with Crippen LogP contribution in [0.15, 0.2) is 88.5 Å². The van der Waals surface area contributed by atoms with Crippen molar-refractivity contribution >= 4 is 39.0 Å². The van der Waals surface area contributed by atoms with Crippen molar-refractivity contribution in [3.05, 3.63) is 105 Å². The van der Waals surface area contributed by atoms with Gasteiger partial charge in [-0.25, -0.2) is 0 Å². The minimum atomic E-state index is -0.467. The number of fused-ring (bicyclic) bond motifs is 1. The van der Waals surface area contributed by atoms with Gasteiger partial charge < -0.3 is 5.32 Å². The maximum Gasteiger partial charge on any atom is 0.224 e. The molecule has 3 aromatic rings. The number of rotatable bonds is 2. The Morgan fingerprint density at radius 2 is 1.73 bits per heavy atom. The van der Waals surface area contributed by atoms with Gasteiger partial charge in [0.1, 0.15) is 0 Å². The Balaban J connectivity index is 1.70. The van der Waals surface area contributed by atoms with Gasteiger partial charge in [-0.3, -0.25) is 14.5 Å². The van der Waals surface area contributed by atoms with E-state index in [4.69, 9.17) is 0 Å². The minimum absolute atomic E-state index is 0.0796. The lowest BCUT2D eigenvalue weighted by atomic mass is 9.78. The van der Waals surface area contributed by atoms with Crippen LogP contribution in [0.3, 0.4) is 0 Å². The van der Waals surface area contributed by atoms with Crippen LogP contribution < -0.4 is 10.2 Å². The van der Waals surface area contributed by atoms with Crippen molar-refractivity contribution in [2.75, 3.05) is 10.2 Å². The van der Waals surface area contributed by atoms with Gasteiger partial charge in [0, 0.05) is 29.1 Å². The van der Waals surface area contributed by atoms with E-state index in [1.807, 2.05) is 67.6 Å². The van der Waals surface area contributed by atoms with Crippen molar-refractivity contribution in [1.82, 2.24) is 0 Å². The molecule has 1 amide bonds. The molecular formula is C28H25BrN2O2. The topological polar surface area (TPSA) is 49.4 Å². The molecule has 1 aliphatic heterocycles. The number of nitrogens with one attached hydrogen (secondary N) is 1. The molecule has 0 spiro atoms. The zero-order chi connectivity index (χ0) is 23.1. The molecule has 0 radical (unpaired) electrons. The quantitative estimate of drug-likeness (QED) is 0.426. The number of amides is 1. The van der Waals surface area contributed by atoms with E-state index in [-0.39, 0.29) is 17.6 Å². The van der Waals surface area contributed by atoms with E-state index in [1.54, 1.807) is 11.8 Å². The number of ketones is 1. The average Bonchev–Trinajstić information content (AvgIpc) is 2.94. The summed E-state index contributed by atoms with van der Waals surface area (Å²) in [6, 6.07) is 23.6. The van der Waals surface area contributed by atoms with Gasteiger partial charge >= 0.3 is 0 Å². The predicted molar refractivity (Wildman–Crippen MR) is 135 cm³/mol. The van der Waals surface area contributed by atoms with Crippen molar-refractivity contribution in [2.24, 2.45) is 0 Å². The van der Waals surface area contributed by atoms with Gasteiger partial charge in [-0.05, 0) is 54.7 Å². The highest BCUT2D eigenvalue weighted by molar-refractivity contribution is 9.10. The van der Waals surface area contributed by atoms with E-state index in [2.05, 4.69) is 33.4 Å². The fraction of sp³-hybridized carbons (Fsp3) is 0.214. The molecule has 5 rings (SSSR count). The summed E-state index contributed by atoms with van der Waals surface area (Å²) < 4.78 is 1.01. The summed E-state index contributed by atoms with van der Waals surface area (Å²) in [7, 11) is 0. The predicted octanol–water partition coefficient (Wildman–Crippen LogP) is 6.68. The molecule has 3 aromatic carbocycles. The number of carbonyl (C=O) groups excluding carboxylic acids is 2. The van der Waals surface area contributed by atoms with Crippen LogP contribution >= 0.6 is 15.9 Å². The van der Waals surface area contributed by atoms with Gasteiger partial charge in [-0.15, -0.1) is 0 Å². The minimum Gasteiger partial charge on any atom is -0.357 e. The zero-order valence-electron chi connectivity index (χ0n) is 18.6. The van der Waals surface area contributed by atoms with Gasteiger partial charge in [0.05, 0.1) is 17.4 Å². The Bertz CT molecular complexity index is 1280. The third-order valence-corrected chi connectivity index (χ3v) is 7.03. The van der Waals surface area contributed by atoms with Crippen molar-refractivity contribution < 1.29 is 9.59 Å². The van der Waals surface area contributed by atoms with E-state index in [0.717, 1.165) is 38.2 Å². The van der Waals surface area contributed by atoms with Crippen LogP contribution in [-0.4, -0.2) is 11.7 Å². The number of para-hydroxylation sites is 2. The Morgan fingerprint density at radius 1 is 0.970 bits per heavy atom. The normalized spacial score (nSPS) is 20.0. The number of carbonyl (C=O) groups is 2. The maximum atomic E-state index is 13.8. The lowest BCUT2D eigenvalue weighted by molar-refractivity contribution is -0.117. The number of hydrogen-bond acceptors (Lipinski definition) is 3. The SMILES string of the molecule is CC(=O)N1c2ccccc2NC2=C(C(=O)C[C@H](c3cccc(Br)c3)C2)[C@H]1c1ccc(C)cc1. The smallest absolute Gasteiger partial charge is 0.224 e. The number of hydrogen-bond donors (Lipinski definition) is 1. The van der Waals surface area contributed by atoms with Crippen LogP contribution in [0.1, 0.15) is 48.4 Å². The molecule has 0 aromatic heterocycles. The third-order valence-electron chi connectivity index (χ3n) is 6.54. The summed E-state index contributed by atoms with van der Waals surface area (Å²) in [6.07, 6.45) is 1.13. The first-order chi connectivity index (χ1) is 15.9. The summed E-state index contributed by atoms with van der Waals surface area (Å²) in [4.78, 5) is 28.6. The van der Waals surface area contributed by atoms with Gasteiger partial charge in [0.2, 0.25) is 5.91 Å². The molecule has 1 aliphatic carbocycles. The van der Waals surface area contributed by atoms with Crippen LogP contribution in [0.2, 0.25) is 0 Å². The first kappa shape index (κ1) is 21.7. The number of nitrogens with zero attached hydrogens (tertiary/aromatic N) is 1. The summed E-state index contributed by atoms with van der Waals surface area (Å²) in [5, 5.41) is 3.56. The summed E-state index contributed by atoms with van der Waals surface area (Å²) in [5.41, 5.74) is 6.44. The van der Waals surface area contributed by atoms with E-state index < -0.39 is 6.04 Å². The van der Waals surface area contributed by atoms with Crippen LogP contribution in [0.25, 0.3) is 0 Å². The van der Waals surface area contributed by atoms with Crippen molar-refractivity contribution in [1.29, 1.82) is 0 Å². The average molecular weight is 501 g/mol. The molecule has 0 unspecified atom stereocenters. The molecule has 2 aliphatic rings. The van der Waals surface area contributed by atoms with E-state index in [1.165, 1.54) is 0 Å². The molecule has 1 heterocycles. The second kappa shape index (κ2) is 8.64. The van der Waals surface area contributed by atoms with E-state index >= 15 is 0 Å². The lowest BCUT2D eigenvalue weighted by Gasteiger charge is -2.34. The monoisotopic (exact) mass is 500 g/mol. The fourth-order valence-electron chi connectivity index (χ4n) is 5.00. The van der Waals surface area contributed by atoms with E-state index in [0.29, 0.717) is 18.4 Å². The number of allylic oxidation sites excluding steroid dienone is 1. The number of Topliss-reactive ketones (excluding diaryl/α,β-unsaturated/α-hetero) is 1. The summed E-state index contributed by atoms with van der Waals surface area (Å²) >= 11 is 3.56. The number of halogens is 1. The van der Waals surface area contributed by atoms with Gasteiger partial charge in [0.15, 0.2) is 5.78 Å². The molecule has 5 heteroatoms. The Morgan fingerprint density at radius 3 is 2.45 bits per heavy atom. The highest BCUT2D eigenvalue weighted by atomic mass is 79.9. The Hall–Kier alpha value is -3.18. The van der Waals surface area contributed by atoms with Crippen LogP contribution in [0.4, 0.5) is 11.4 Å². The number of aryl methyl sites for hydroxylation is 1. The standard InChI is InChI=1S/C28H25BrN2O2/c1-17-10-12-19(13-11-17)28-27-24(30-23-8-3-4-9-25(23)31(28)18(2)32)15-21(16-26(27)33)20-6-5-7-22(29)14-20/h3-14,21,28,30H,15-16H2,1-2H3/t21-,28-/m1/s1. The van der Waals surface area contributed by atoms with Crippen molar-refractivity contribution in [3.8, 4) is 0 Å². The van der Waals surface area contributed by atoms with Gasteiger partial charge in [-0.1, -0.05) is 70.0 Å². The van der Waals surface area contributed by atoms with Crippen LogP contribution in [0, 0.1) is 6.92 Å². The van der Waals surface area contributed by atoms with Gasteiger partial charge in [-0.2, -0.15) is 0 Å². The maximum absolute atomic E-state index is 13.8. The number of benzene rings is 3. The molecule has 4 nitrogen and oxygen atoms in total. The first-order valence-corrected chi connectivity index (χ1v) is 12.0. The second-order valence-electron chi connectivity index (χ2n) is 8.82. The Labute approximate surface area is 202 Å². The zero-order valence-corrected chi connectivity index (χ0v) is 20.2. The molecule has 1 N–H and O–H groups in total. The van der Waals surface area contributed by atoms with Crippen molar-refractivity contribution in [3.63, 3.8) is 0 Å². The molecule has 0 fully saturated rings. The second-order valence-corrected chi connectivity index (χ2v) is 9.74. The molecular weight excluding hydrogens is 476 g/mol. The highest BCUT2D eigenvalue weighted by Gasteiger charge is 2.40. The van der Waals surface area contributed by atoms with Crippen LogP contribution in [0.5, 0.6) is 0 Å². The third kappa shape index (κ3) is 4.02. The molecule has 2 atom stereocenters. The van der Waals surface area contributed by atoms with Crippen molar-refractivity contribution in [2.45, 2.75) is 38.6 Å². The molecule has 0 saturated heterocycles. The van der Waals surface area contributed by atoms with E-state index in [9.17, 15) is 9.59 Å².